The van der Waals surface area contributed by atoms with Gasteiger partial charge in [0.2, 0.25) is 0 Å². The highest BCUT2D eigenvalue weighted by atomic mass is 16.5. The minimum atomic E-state index is 0.0181. The molecule has 0 unspecified atom stereocenters. The van der Waals surface area contributed by atoms with Crippen LogP contribution in [0.2, 0.25) is 0 Å². The molecule has 0 atom stereocenters. The van der Waals surface area contributed by atoms with E-state index in [1.807, 2.05) is 0 Å². The summed E-state index contributed by atoms with van der Waals surface area (Å²) in [5.41, 5.74) is 5.57. The van der Waals surface area contributed by atoms with Crippen molar-refractivity contribution in [3.63, 3.8) is 0 Å². The van der Waals surface area contributed by atoms with E-state index in [0.29, 0.717) is 0 Å². The molecule has 0 radical (unpaired) electrons. The zero-order chi connectivity index (χ0) is 11.2. The van der Waals surface area contributed by atoms with Crippen LogP contribution in [-0.4, -0.2) is 7.85 Å². The molecule has 1 fully saturated rings. The van der Waals surface area contributed by atoms with Crippen molar-refractivity contribution in [1.29, 1.82) is 0 Å². The van der Waals surface area contributed by atoms with E-state index in [9.17, 15) is 0 Å². The zero-order valence-corrected chi connectivity index (χ0v) is 9.88. The number of hydrogen-bond donors (Lipinski definition) is 0. The molecule has 1 aromatic rings. The lowest BCUT2D eigenvalue weighted by Gasteiger charge is -2.34. The monoisotopic (exact) mass is 212 g/mol. The molecule has 16 heavy (non-hydrogen) atoms. The molecule has 1 aromatic carbocycles. The maximum Gasteiger partial charge on any atom is 0.139 e. The van der Waals surface area contributed by atoms with Crippen LogP contribution in [0.4, 0.5) is 0 Å². The molecule has 1 nitrogen and oxygen atoms in total. The van der Waals surface area contributed by atoms with Gasteiger partial charge in [0.1, 0.15) is 7.85 Å². The predicted molar refractivity (Wildman–Crippen MR) is 68.7 cm³/mol. The van der Waals surface area contributed by atoms with Gasteiger partial charge in [-0.25, -0.2) is 0 Å². The van der Waals surface area contributed by atoms with Crippen LogP contribution < -0.4 is 5.46 Å². The second-order valence-corrected chi connectivity index (χ2v) is 5.19. The second-order valence-electron chi connectivity index (χ2n) is 5.19. The van der Waals surface area contributed by atoms with Crippen molar-refractivity contribution in [3.05, 3.63) is 41.5 Å². The molecular weight excluding hydrogens is 195 g/mol. The Morgan fingerprint density at radius 3 is 2.75 bits per heavy atom. The van der Waals surface area contributed by atoms with Gasteiger partial charge in [0, 0.05) is 0 Å². The molecule has 0 amide bonds. The van der Waals surface area contributed by atoms with Crippen LogP contribution in [0.3, 0.4) is 0 Å². The van der Waals surface area contributed by atoms with Crippen LogP contribution >= 0.6 is 0 Å². The Balaban J connectivity index is 1.99. The molecule has 0 bridgehead atoms. The molecule has 0 saturated heterocycles. The third-order valence-corrected chi connectivity index (χ3v) is 4.02. The van der Waals surface area contributed by atoms with Crippen molar-refractivity contribution < 1.29 is 4.74 Å². The lowest BCUT2D eigenvalue weighted by molar-refractivity contribution is -0.0570. The SMILES string of the molecule is Bc1ccc2c(c1)COC21CCC(=C)CC1. The molecule has 3 rings (SSSR count). The molecule has 0 N–H and O–H groups in total. The Hall–Kier alpha value is -1.02. The third-order valence-electron chi connectivity index (χ3n) is 4.02. The second kappa shape index (κ2) is 3.49. The van der Waals surface area contributed by atoms with Crippen LogP contribution in [-0.2, 0) is 16.9 Å². The Morgan fingerprint density at radius 1 is 1.25 bits per heavy atom. The fraction of sp³-hybridized carbons (Fsp3) is 0.429. The van der Waals surface area contributed by atoms with E-state index in [1.165, 1.54) is 22.2 Å². The smallest absolute Gasteiger partial charge is 0.139 e. The van der Waals surface area contributed by atoms with E-state index in [4.69, 9.17) is 4.74 Å². The van der Waals surface area contributed by atoms with E-state index in [0.717, 1.165) is 32.3 Å². The van der Waals surface area contributed by atoms with Gasteiger partial charge in [-0.1, -0.05) is 35.8 Å². The predicted octanol–water partition coefficient (Wildman–Crippen LogP) is 1.80. The first-order chi connectivity index (χ1) is 7.70. The summed E-state index contributed by atoms with van der Waals surface area (Å²) >= 11 is 0. The van der Waals surface area contributed by atoms with E-state index in [-0.39, 0.29) is 5.60 Å². The normalized spacial score (nSPS) is 22.4. The first-order valence-corrected chi connectivity index (χ1v) is 6.10. The van der Waals surface area contributed by atoms with Gasteiger partial charge in [0.05, 0.1) is 12.2 Å². The van der Waals surface area contributed by atoms with Crippen molar-refractivity contribution in [1.82, 2.24) is 0 Å². The summed E-state index contributed by atoms with van der Waals surface area (Å²) in [5.74, 6) is 0. The number of allylic oxidation sites excluding steroid dienone is 1. The van der Waals surface area contributed by atoms with Gasteiger partial charge in [-0.05, 0) is 36.8 Å². The molecule has 1 saturated carbocycles. The van der Waals surface area contributed by atoms with Gasteiger partial charge in [-0.3, -0.25) is 0 Å². The van der Waals surface area contributed by atoms with Crippen molar-refractivity contribution in [2.45, 2.75) is 37.9 Å². The fourth-order valence-corrected chi connectivity index (χ4v) is 3.00. The summed E-state index contributed by atoms with van der Waals surface area (Å²) in [4.78, 5) is 0. The molecular formula is C14H17BO. The minimum Gasteiger partial charge on any atom is -0.366 e. The largest absolute Gasteiger partial charge is 0.366 e. The van der Waals surface area contributed by atoms with E-state index < -0.39 is 0 Å². The molecule has 1 heterocycles. The average molecular weight is 212 g/mol. The van der Waals surface area contributed by atoms with Gasteiger partial charge < -0.3 is 4.74 Å². The number of fused-ring (bicyclic) bond motifs is 2. The van der Waals surface area contributed by atoms with Crippen LogP contribution in [0, 0.1) is 0 Å². The topological polar surface area (TPSA) is 9.23 Å². The van der Waals surface area contributed by atoms with Gasteiger partial charge in [-0.15, -0.1) is 0 Å². The van der Waals surface area contributed by atoms with Gasteiger partial charge in [0.25, 0.3) is 0 Å². The Kier molecular flexibility index (Phi) is 2.22. The first kappa shape index (κ1) is 10.2. The van der Waals surface area contributed by atoms with E-state index >= 15 is 0 Å². The van der Waals surface area contributed by atoms with Gasteiger partial charge >= 0.3 is 0 Å². The molecule has 2 heteroatoms. The van der Waals surface area contributed by atoms with Crippen molar-refractivity contribution in [3.8, 4) is 0 Å². The zero-order valence-electron chi connectivity index (χ0n) is 9.88. The summed E-state index contributed by atoms with van der Waals surface area (Å²) in [6.07, 6.45) is 4.46. The molecule has 1 spiro atoms. The molecule has 0 aromatic heterocycles. The highest BCUT2D eigenvalue weighted by Crippen LogP contribution is 2.47. The lowest BCUT2D eigenvalue weighted by atomic mass is 9.77. The van der Waals surface area contributed by atoms with Gasteiger partial charge in [-0.2, -0.15) is 0 Å². The fourth-order valence-electron chi connectivity index (χ4n) is 3.00. The summed E-state index contributed by atoms with van der Waals surface area (Å²) in [6, 6.07) is 6.75. The minimum absolute atomic E-state index is 0.0181. The highest BCUT2D eigenvalue weighted by Gasteiger charge is 2.41. The van der Waals surface area contributed by atoms with Crippen molar-refractivity contribution >= 4 is 13.3 Å². The molecule has 2 aliphatic rings. The molecule has 1 aliphatic carbocycles. The molecule has 1 aliphatic heterocycles. The number of ether oxygens (including phenoxy) is 1. The first-order valence-electron chi connectivity index (χ1n) is 6.10. The van der Waals surface area contributed by atoms with Crippen LogP contribution in [0.15, 0.2) is 30.4 Å². The summed E-state index contributed by atoms with van der Waals surface area (Å²) in [5, 5.41) is 0. The van der Waals surface area contributed by atoms with Gasteiger partial charge in [0.15, 0.2) is 0 Å². The standard InChI is InChI=1S/C14H17BO/c1-10-4-6-14(7-5-10)13-3-2-12(15)8-11(13)9-16-14/h2-3,8H,1,4-7,9,15H2. The highest BCUT2D eigenvalue weighted by molar-refractivity contribution is 6.32. The van der Waals surface area contributed by atoms with Crippen molar-refractivity contribution in [2.75, 3.05) is 0 Å². The number of benzene rings is 1. The lowest BCUT2D eigenvalue weighted by Crippen LogP contribution is -2.28. The average Bonchev–Trinajstić information content (AvgIpc) is 2.62. The summed E-state index contributed by atoms with van der Waals surface area (Å²) in [7, 11) is 2.15. The van der Waals surface area contributed by atoms with Crippen LogP contribution in [0.25, 0.3) is 0 Å². The summed E-state index contributed by atoms with van der Waals surface area (Å²) < 4.78 is 6.11. The Bertz CT molecular complexity index is 440. The van der Waals surface area contributed by atoms with Crippen LogP contribution in [0.5, 0.6) is 0 Å². The number of rotatable bonds is 0. The maximum atomic E-state index is 6.11. The maximum absolute atomic E-state index is 6.11. The number of hydrogen-bond acceptors (Lipinski definition) is 1. The van der Waals surface area contributed by atoms with E-state index in [2.05, 4.69) is 32.6 Å². The molecule has 82 valence electrons. The van der Waals surface area contributed by atoms with Crippen molar-refractivity contribution in [2.24, 2.45) is 0 Å². The summed E-state index contributed by atoms with van der Waals surface area (Å²) in [6.45, 7) is 4.88. The van der Waals surface area contributed by atoms with Crippen LogP contribution in [0.1, 0.15) is 36.8 Å². The quantitative estimate of drug-likeness (QED) is 0.470. The third kappa shape index (κ3) is 1.44. The van der Waals surface area contributed by atoms with E-state index in [1.54, 1.807) is 0 Å². The Labute approximate surface area is 97.9 Å². The Morgan fingerprint density at radius 2 is 2.00 bits per heavy atom.